The molecule has 8 heteroatoms. The van der Waals surface area contributed by atoms with E-state index in [4.69, 9.17) is 11.6 Å². The van der Waals surface area contributed by atoms with Crippen molar-refractivity contribution in [3.8, 4) is 11.4 Å². The van der Waals surface area contributed by atoms with Crippen molar-refractivity contribution in [3.63, 3.8) is 0 Å². The van der Waals surface area contributed by atoms with Gasteiger partial charge in [0, 0.05) is 43.5 Å². The summed E-state index contributed by atoms with van der Waals surface area (Å²) in [6, 6.07) is 2.96. The summed E-state index contributed by atoms with van der Waals surface area (Å²) in [5, 5.41) is 3.31. The zero-order valence-corrected chi connectivity index (χ0v) is 12.7. The second-order valence-electron chi connectivity index (χ2n) is 5.17. The minimum Gasteiger partial charge on any atom is -0.350 e. The zero-order valence-electron chi connectivity index (χ0n) is 11.9. The van der Waals surface area contributed by atoms with Crippen LogP contribution in [0.1, 0.15) is 6.92 Å². The first-order valence-corrected chi connectivity index (χ1v) is 7.33. The highest BCUT2D eigenvalue weighted by atomic mass is 35.5. The molecule has 0 amide bonds. The third-order valence-electron chi connectivity index (χ3n) is 3.62. The Morgan fingerprint density at radius 1 is 1.50 bits per heavy atom. The molecule has 22 heavy (non-hydrogen) atoms. The van der Waals surface area contributed by atoms with Crippen LogP contribution in [0.5, 0.6) is 0 Å². The van der Waals surface area contributed by atoms with E-state index in [0.717, 1.165) is 13.1 Å². The van der Waals surface area contributed by atoms with Gasteiger partial charge in [-0.2, -0.15) is 4.39 Å². The van der Waals surface area contributed by atoms with Crippen LogP contribution in [0.25, 0.3) is 11.4 Å². The van der Waals surface area contributed by atoms with Gasteiger partial charge in [0.25, 0.3) is 5.56 Å². The summed E-state index contributed by atoms with van der Waals surface area (Å²) in [4.78, 5) is 24.6. The van der Waals surface area contributed by atoms with Crippen LogP contribution < -0.4 is 15.8 Å². The summed E-state index contributed by atoms with van der Waals surface area (Å²) in [6.07, 6.45) is 1.33. The third kappa shape index (κ3) is 2.82. The highest BCUT2D eigenvalue weighted by Gasteiger charge is 2.24. The molecule has 3 heterocycles. The quantitative estimate of drug-likeness (QED) is 0.818. The number of hydrogen-bond donors (Lipinski definition) is 2. The lowest BCUT2D eigenvalue weighted by Gasteiger charge is -2.35. The molecule has 0 bridgehead atoms. The van der Waals surface area contributed by atoms with Gasteiger partial charge in [0.15, 0.2) is 5.82 Å². The molecule has 0 radical (unpaired) electrons. The molecule has 0 aromatic carbocycles. The predicted molar refractivity (Wildman–Crippen MR) is 82.7 cm³/mol. The van der Waals surface area contributed by atoms with Gasteiger partial charge in [-0.3, -0.25) is 4.79 Å². The van der Waals surface area contributed by atoms with Gasteiger partial charge in [-0.05, 0) is 13.0 Å². The molecule has 0 saturated carbocycles. The first kappa shape index (κ1) is 14.9. The minimum absolute atomic E-state index is 0.0482. The van der Waals surface area contributed by atoms with Crippen LogP contribution in [0.3, 0.4) is 0 Å². The number of anilines is 1. The third-order valence-corrected chi connectivity index (χ3v) is 3.96. The number of aromatic nitrogens is 3. The summed E-state index contributed by atoms with van der Waals surface area (Å²) in [5.74, 6) is 0.0651. The summed E-state index contributed by atoms with van der Waals surface area (Å²) in [7, 11) is 0. The Morgan fingerprint density at radius 2 is 2.32 bits per heavy atom. The maximum atomic E-state index is 13.3. The lowest BCUT2D eigenvalue weighted by Crippen LogP contribution is -2.50. The van der Waals surface area contributed by atoms with Crippen LogP contribution in [-0.4, -0.2) is 40.6 Å². The molecule has 116 valence electrons. The molecule has 2 aromatic rings. The maximum Gasteiger partial charge on any atom is 0.272 e. The van der Waals surface area contributed by atoms with E-state index in [1.165, 1.54) is 12.3 Å². The normalized spacial score (nSPS) is 18.5. The molecule has 0 unspecified atom stereocenters. The van der Waals surface area contributed by atoms with Gasteiger partial charge >= 0.3 is 0 Å². The summed E-state index contributed by atoms with van der Waals surface area (Å²) in [6.45, 7) is 4.29. The van der Waals surface area contributed by atoms with Gasteiger partial charge in [0.1, 0.15) is 10.8 Å². The molecule has 2 N–H and O–H groups in total. The zero-order chi connectivity index (χ0) is 15.7. The Morgan fingerprint density at radius 3 is 3.05 bits per heavy atom. The number of H-pyrrole nitrogens is 1. The van der Waals surface area contributed by atoms with E-state index in [2.05, 4.69) is 20.3 Å². The molecule has 1 fully saturated rings. The molecule has 6 nitrogen and oxygen atoms in total. The van der Waals surface area contributed by atoms with E-state index in [1.807, 2.05) is 11.8 Å². The molecule has 0 spiro atoms. The Hall–Kier alpha value is -1.99. The Labute approximate surface area is 131 Å². The van der Waals surface area contributed by atoms with Crippen molar-refractivity contribution in [1.82, 2.24) is 20.3 Å². The van der Waals surface area contributed by atoms with Crippen LogP contribution in [0, 0.1) is 5.95 Å². The summed E-state index contributed by atoms with van der Waals surface area (Å²) >= 11 is 6.13. The van der Waals surface area contributed by atoms with E-state index in [1.54, 1.807) is 6.07 Å². The van der Waals surface area contributed by atoms with Gasteiger partial charge in [-0.1, -0.05) is 11.6 Å². The highest BCUT2D eigenvalue weighted by Crippen LogP contribution is 2.25. The van der Waals surface area contributed by atoms with Gasteiger partial charge in [-0.15, -0.1) is 0 Å². The van der Waals surface area contributed by atoms with Crippen molar-refractivity contribution in [1.29, 1.82) is 0 Å². The Kier molecular flexibility index (Phi) is 4.08. The van der Waals surface area contributed by atoms with Crippen molar-refractivity contribution in [3.05, 3.63) is 39.7 Å². The molecule has 1 aliphatic heterocycles. The minimum atomic E-state index is -0.632. The Bertz CT molecular complexity index is 750. The molecule has 1 atom stereocenters. The largest absolute Gasteiger partial charge is 0.350 e. The summed E-state index contributed by atoms with van der Waals surface area (Å²) < 4.78 is 13.3. The van der Waals surface area contributed by atoms with Crippen molar-refractivity contribution >= 4 is 17.4 Å². The first-order valence-electron chi connectivity index (χ1n) is 6.95. The maximum absolute atomic E-state index is 13.3. The van der Waals surface area contributed by atoms with E-state index in [-0.39, 0.29) is 16.9 Å². The molecular formula is C14H15ClFN5O. The van der Waals surface area contributed by atoms with E-state index in [0.29, 0.717) is 17.9 Å². The number of hydrogen-bond acceptors (Lipinski definition) is 5. The molecule has 0 aliphatic carbocycles. The predicted octanol–water partition coefficient (Wildman–Crippen LogP) is 1.42. The van der Waals surface area contributed by atoms with Crippen molar-refractivity contribution in [2.75, 3.05) is 24.5 Å². The lowest BCUT2D eigenvalue weighted by molar-refractivity contribution is 0.497. The standard InChI is InChI=1S/C14H15ClFN5O/c1-8-7-17-4-5-21(8)13-11(15)14(22)20-12(19-13)9-2-3-18-10(16)6-9/h2-3,6,8,17H,4-5,7H2,1H3,(H,19,20,22)/t8-/m1/s1. The van der Waals surface area contributed by atoms with Crippen LogP contribution in [0.4, 0.5) is 10.2 Å². The monoisotopic (exact) mass is 323 g/mol. The van der Waals surface area contributed by atoms with Gasteiger partial charge in [0.05, 0.1) is 0 Å². The Balaban J connectivity index is 2.09. The average molecular weight is 324 g/mol. The topological polar surface area (TPSA) is 73.9 Å². The number of nitrogens with zero attached hydrogens (tertiary/aromatic N) is 3. The molecule has 2 aromatic heterocycles. The first-order chi connectivity index (χ1) is 10.6. The van der Waals surface area contributed by atoms with Crippen molar-refractivity contribution in [2.45, 2.75) is 13.0 Å². The smallest absolute Gasteiger partial charge is 0.272 e. The number of halogens is 2. The number of pyridine rings is 1. The van der Waals surface area contributed by atoms with Gasteiger partial charge in [-0.25, -0.2) is 9.97 Å². The number of rotatable bonds is 2. The van der Waals surface area contributed by atoms with Crippen LogP contribution in [0.2, 0.25) is 5.02 Å². The van der Waals surface area contributed by atoms with Crippen molar-refractivity contribution < 1.29 is 4.39 Å². The van der Waals surface area contributed by atoms with Gasteiger partial charge < -0.3 is 15.2 Å². The van der Waals surface area contributed by atoms with Crippen molar-refractivity contribution in [2.24, 2.45) is 0 Å². The summed E-state index contributed by atoms with van der Waals surface area (Å²) in [5.41, 5.74) is 0.00919. The second-order valence-corrected chi connectivity index (χ2v) is 5.54. The molecule has 3 rings (SSSR count). The lowest BCUT2D eigenvalue weighted by atomic mass is 10.2. The fraction of sp³-hybridized carbons (Fsp3) is 0.357. The average Bonchev–Trinajstić information content (AvgIpc) is 2.51. The van der Waals surface area contributed by atoms with Crippen LogP contribution >= 0.6 is 11.6 Å². The molecular weight excluding hydrogens is 309 g/mol. The number of aromatic amines is 1. The fourth-order valence-electron chi connectivity index (χ4n) is 2.48. The molecule has 1 saturated heterocycles. The van der Waals surface area contributed by atoms with E-state index in [9.17, 15) is 9.18 Å². The van der Waals surface area contributed by atoms with E-state index >= 15 is 0 Å². The fourth-order valence-corrected chi connectivity index (χ4v) is 2.68. The van der Waals surface area contributed by atoms with Crippen LogP contribution in [-0.2, 0) is 0 Å². The second kappa shape index (κ2) is 6.02. The number of nitrogens with one attached hydrogen (secondary N) is 2. The molecule has 1 aliphatic rings. The SMILES string of the molecule is C[C@@H]1CNCCN1c1nc(-c2ccnc(F)c2)[nH]c(=O)c1Cl. The van der Waals surface area contributed by atoms with Crippen LogP contribution in [0.15, 0.2) is 23.1 Å². The van der Waals surface area contributed by atoms with E-state index < -0.39 is 11.5 Å². The highest BCUT2D eigenvalue weighted by molar-refractivity contribution is 6.32. The number of piperazine rings is 1. The van der Waals surface area contributed by atoms with Gasteiger partial charge in [0.2, 0.25) is 5.95 Å².